The van der Waals surface area contributed by atoms with Crippen molar-refractivity contribution in [3.63, 3.8) is 0 Å². The molecular weight excluding hydrogens is 342 g/mol. The third-order valence-electron chi connectivity index (χ3n) is 4.54. The maximum Gasteiger partial charge on any atom is 0.307 e. The van der Waals surface area contributed by atoms with Crippen molar-refractivity contribution in [3.05, 3.63) is 89.5 Å². The fourth-order valence-electron chi connectivity index (χ4n) is 3.24. The van der Waals surface area contributed by atoms with Gasteiger partial charge in [0.15, 0.2) is 0 Å². The van der Waals surface area contributed by atoms with Crippen LogP contribution in [0.5, 0.6) is 0 Å². The number of imide groups is 1. The number of carbonyl (C=O) groups excluding carboxylic acids is 2. The second kappa shape index (κ2) is 6.53. The fourth-order valence-corrected chi connectivity index (χ4v) is 3.24. The van der Waals surface area contributed by atoms with E-state index in [4.69, 9.17) is 5.11 Å². The molecule has 4 rings (SSSR count). The standard InChI is InChI=1S/C22H15NO4/c24-20(25)12-14-8-10-15(11-9-14)16-4-3-5-17(13-16)23-21(26)18-6-1-2-7-19(18)22(23)27/h1-11,13H,12H2,(H,24,25). The van der Waals surface area contributed by atoms with E-state index in [2.05, 4.69) is 0 Å². The van der Waals surface area contributed by atoms with Crippen molar-refractivity contribution in [2.45, 2.75) is 6.42 Å². The lowest BCUT2D eigenvalue weighted by atomic mass is 10.0. The van der Waals surface area contributed by atoms with E-state index < -0.39 is 5.97 Å². The smallest absolute Gasteiger partial charge is 0.307 e. The van der Waals surface area contributed by atoms with Crippen molar-refractivity contribution in [2.75, 3.05) is 4.90 Å². The predicted octanol–water partition coefficient (Wildman–Crippen LogP) is 3.78. The Bertz CT molecular complexity index is 1030. The number of carboxylic acid groups (broad SMARTS) is 1. The molecule has 1 heterocycles. The maximum atomic E-state index is 12.7. The van der Waals surface area contributed by atoms with Gasteiger partial charge < -0.3 is 5.11 Å². The molecule has 3 aromatic carbocycles. The minimum absolute atomic E-state index is 0.0324. The zero-order chi connectivity index (χ0) is 19.0. The Labute approximate surface area is 155 Å². The first kappa shape index (κ1) is 16.7. The van der Waals surface area contributed by atoms with Crippen LogP contribution < -0.4 is 4.90 Å². The molecule has 0 fully saturated rings. The van der Waals surface area contributed by atoms with Crippen LogP contribution in [0, 0.1) is 0 Å². The van der Waals surface area contributed by atoms with E-state index in [1.54, 1.807) is 54.6 Å². The number of aliphatic carboxylic acids is 1. The first-order valence-electron chi connectivity index (χ1n) is 8.43. The molecule has 0 unspecified atom stereocenters. The van der Waals surface area contributed by atoms with Crippen LogP contribution in [0.25, 0.3) is 11.1 Å². The molecule has 1 aliphatic rings. The van der Waals surface area contributed by atoms with Gasteiger partial charge in [-0.25, -0.2) is 4.90 Å². The van der Waals surface area contributed by atoms with E-state index in [1.165, 1.54) is 4.90 Å². The summed E-state index contributed by atoms with van der Waals surface area (Å²) < 4.78 is 0. The van der Waals surface area contributed by atoms with Crippen LogP contribution in [0.3, 0.4) is 0 Å². The van der Waals surface area contributed by atoms with Gasteiger partial charge in [0.1, 0.15) is 0 Å². The average molecular weight is 357 g/mol. The van der Waals surface area contributed by atoms with Crippen LogP contribution in [0.4, 0.5) is 5.69 Å². The zero-order valence-electron chi connectivity index (χ0n) is 14.3. The SMILES string of the molecule is O=C(O)Cc1ccc(-c2cccc(N3C(=O)c4ccccc4C3=O)c2)cc1. The van der Waals surface area contributed by atoms with Crippen LogP contribution in [-0.2, 0) is 11.2 Å². The van der Waals surface area contributed by atoms with E-state index in [0.717, 1.165) is 11.1 Å². The van der Waals surface area contributed by atoms with Crippen molar-refractivity contribution in [2.24, 2.45) is 0 Å². The minimum atomic E-state index is -0.879. The number of nitrogens with zero attached hydrogens (tertiary/aromatic N) is 1. The minimum Gasteiger partial charge on any atom is -0.481 e. The topological polar surface area (TPSA) is 74.7 Å². The summed E-state index contributed by atoms with van der Waals surface area (Å²) in [4.78, 5) is 37.3. The zero-order valence-corrected chi connectivity index (χ0v) is 14.3. The highest BCUT2D eigenvalue weighted by Crippen LogP contribution is 2.31. The van der Waals surface area contributed by atoms with Crippen molar-refractivity contribution >= 4 is 23.5 Å². The molecule has 0 saturated carbocycles. The van der Waals surface area contributed by atoms with Gasteiger partial charge in [-0.1, -0.05) is 48.5 Å². The van der Waals surface area contributed by atoms with Gasteiger partial charge in [0.05, 0.1) is 23.2 Å². The Morgan fingerprint density at radius 3 is 2.00 bits per heavy atom. The molecule has 0 spiro atoms. The largest absolute Gasteiger partial charge is 0.481 e. The molecule has 5 nitrogen and oxygen atoms in total. The van der Waals surface area contributed by atoms with E-state index in [9.17, 15) is 14.4 Å². The third kappa shape index (κ3) is 3.00. The lowest BCUT2D eigenvalue weighted by Crippen LogP contribution is -2.29. The van der Waals surface area contributed by atoms with E-state index in [0.29, 0.717) is 22.4 Å². The van der Waals surface area contributed by atoms with Gasteiger partial charge in [-0.05, 0) is 41.0 Å². The molecule has 1 N–H and O–H groups in total. The fraction of sp³-hybridized carbons (Fsp3) is 0.0455. The lowest BCUT2D eigenvalue weighted by Gasteiger charge is -2.15. The summed E-state index contributed by atoms with van der Waals surface area (Å²) in [7, 11) is 0. The Balaban J connectivity index is 1.67. The van der Waals surface area contributed by atoms with E-state index in [-0.39, 0.29) is 18.2 Å². The van der Waals surface area contributed by atoms with Crippen LogP contribution in [0.15, 0.2) is 72.8 Å². The summed E-state index contributed by atoms with van der Waals surface area (Å²) in [6, 6.07) is 21.2. The Morgan fingerprint density at radius 1 is 0.778 bits per heavy atom. The summed E-state index contributed by atoms with van der Waals surface area (Å²) in [5.41, 5.74) is 3.75. The van der Waals surface area contributed by atoms with Gasteiger partial charge in [0.25, 0.3) is 11.8 Å². The number of fused-ring (bicyclic) bond motifs is 1. The first-order valence-corrected chi connectivity index (χ1v) is 8.43. The number of anilines is 1. The van der Waals surface area contributed by atoms with Gasteiger partial charge >= 0.3 is 5.97 Å². The Hall–Kier alpha value is -3.73. The molecule has 0 saturated heterocycles. The quantitative estimate of drug-likeness (QED) is 0.721. The highest BCUT2D eigenvalue weighted by Gasteiger charge is 2.36. The number of amides is 2. The third-order valence-corrected chi connectivity index (χ3v) is 4.54. The van der Waals surface area contributed by atoms with Gasteiger partial charge in [-0.2, -0.15) is 0 Å². The van der Waals surface area contributed by atoms with Crippen LogP contribution in [-0.4, -0.2) is 22.9 Å². The predicted molar refractivity (Wildman–Crippen MR) is 101 cm³/mol. The second-order valence-corrected chi connectivity index (χ2v) is 6.31. The number of benzene rings is 3. The van der Waals surface area contributed by atoms with E-state index >= 15 is 0 Å². The monoisotopic (exact) mass is 357 g/mol. The summed E-state index contributed by atoms with van der Waals surface area (Å²) in [5.74, 6) is -1.54. The molecule has 0 aromatic heterocycles. The molecule has 0 atom stereocenters. The Morgan fingerprint density at radius 2 is 1.41 bits per heavy atom. The molecule has 1 aliphatic heterocycles. The van der Waals surface area contributed by atoms with Crippen molar-refractivity contribution < 1.29 is 19.5 Å². The summed E-state index contributed by atoms with van der Waals surface area (Å²) in [6.45, 7) is 0. The number of carbonyl (C=O) groups is 3. The molecular formula is C22H15NO4. The molecule has 27 heavy (non-hydrogen) atoms. The maximum absolute atomic E-state index is 12.7. The average Bonchev–Trinajstić information content (AvgIpc) is 2.93. The van der Waals surface area contributed by atoms with Gasteiger partial charge in [-0.3, -0.25) is 14.4 Å². The highest BCUT2D eigenvalue weighted by atomic mass is 16.4. The number of carboxylic acids is 1. The summed E-state index contributed by atoms with van der Waals surface area (Å²) in [5, 5.41) is 8.87. The van der Waals surface area contributed by atoms with E-state index in [1.807, 2.05) is 18.2 Å². The lowest BCUT2D eigenvalue weighted by molar-refractivity contribution is -0.136. The molecule has 132 valence electrons. The summed E-state index contributed by atoms with van der Waals surface area (Å²) >= 11 is 0. The van der Waals surface area contributed by atoms with Crippen molar-refractivity contribution in [1.82, 2.24) is 0 Å². The summed E-state index contributed by atoms with van der Waals surface area (Å²) in [6.07, 6.45) is -0.0324. The molecule has 0 bridgehead atoms. The number of rotatable bonds is 4. The normalized spacial score (nSPS) is 13.0. The van der Waals surface area contributed by atoms with Crippen LogP contribution >= 0.6 is 0 Å². The molecule has 0 aliphatic carbocycles. The molecule has 0 radical (unpaired) electrons. The van der Waals surface area contributed by atoms with Crippen LogP contribution in [0.1, 0.15) is 26.3 Å². The molecule has 3 aromatic rings. The van der Waals surface area contributed by atoms with Crippen molar-refractivity contribution in [3.8, 4) is 11.1 Å². The Kier molecular flexibility index (Phi) is 4.05. The highest BCUT2D eigenvalue weighted by molar-refractivity contribution is 6.34. The number of hydrogen-bond acceptors (Lipinski definition) is 3. The number of hydrogen-bond donors (Lipinski definition) is 1. The van der Waals surface area contributed by atoms with Crippen molar-refractivity contribution in [1.29, 1.82) is 0 Å². The molecule has 2 amide bonds. The first-order chi connectivity index (χ1) is 13.0. The molecule has 5 heteroatoms. The van der Waals surface area contributed by atoms with Crippen LogP contribution in [0.2, 0.25) is 0 Å². The van der Waals surface area contributed by atoms with Gasteiger partial charge in [-0.15, -0.1) is 0 Å². The van der Waals surface area contributed by atoms with Gasteiger partial charge in [0, 0.05) is 0 Å². The van der Waals surface area contributed by atoms with Gasteiger partial charge in [0.2, 0.25) is 0 Å². The second-order valence-electron chi connectivity index (χ2n) is 6.31.